The monoisotopic (exact) mass is 627 g/mol. The largest absolute Gasteiger partial charge is 0.487 e. The van der Waals surface area contributed by atoms with Crippen LogP contribution in [-0.2, 0) is 24.4 Å². The summed E-state index contributed by atoms with van der Waals surface area (Å²) in [6.45, 7) is 0.740. The molecule has 0 spiro atoms. The lowest BCUT2D eigenvalue weighted by Crippen LogP contribution is -2.31. The molecule has 1 amide bonds. The van der Waals surface area contributed by atoms with Crippen LogP contribution in [0.4, 0.5) is 4.39 Å². The number of ether oxygens (including phenoxy) is 1. The molecule has 9 heteroatoms. The van der Waals surface area contributed by atoms with E-state index >= 15 is 0 Å². The van der Waals surface area contributed by atoms with Gasteiger partial charge in [0.1, 0.15) is 22.5 Å². The first kappa shape index (κ1) is 24.7. The molecular weight excluding hydrogens is 613 g/mol. The van der Waals surface area contributed by atoms with E-state index in [0.717, 1.165) is 25.6 Å². The van der Waals surface area contributed by atoms with E-state index in [9.17, 15) is 9.18 Å². The van der Waals surface area contributed by atoms with Crippen molar-refractivity contribution in [3.8, 4) is 5.75 Å². The van der Waals surface area contributed by atoms with Crippen LogP contribution in [0.2, 0.25) is 5.02 Å². The molecule has 4 rings (SSSR count). The van der Waals surface area contributed by atoms with Gasteiger partial charge in [0.2, 0.25) is 5.91 Å². The van der Waals surface area contributed by atoms with Crippen molar-refractivity contribution in [2.45, 2.75) is 24.8 Å². The smallest absolute Gasteiger partial charge is 0.242 e. The Hall–Kier alpha value is -1.45. The minimum Gasteiger partial charge on any atom is -0.487 e. The predicted octanol–water partition coefficient (Wildman–Crippen LogP) is 7.55. The van der Waals surface area contributed by atoms with Crippen LogP contribution in [0.1, 0.15) is 16.7 Å². The van der Waals surface area contributed by atoms with E-state index in [-0.39, 0.29) is 17.0 Å². The molecule has 3 aromatic carbocycles. The molecule has 170 valence electrons. The van der Waals surface area contributed by atoms with Crippen molar-refractivity contribution in [1.82, 2.24) is 4.90 Å². The first-order chi connectivity index (χ1) is 15.8. The number of carbonyl (C=O) groups is 1. The fourth-order valence-corrected chi connectivity index (χ4v) is 6.53. The van der Waals surface area contributed by atoms with Gasteiger partial charge in [-0.2, -0.15) is 0 Å². The van der Waals surface area contributed by atoms with Crippen LogP contribution in [0.5, 0.6) is 5.75 Å². The van der Waals surface area contributed by atoms with Gasteiger partial charge in [0.05, 0.1) is 20.7 Å². The third-order valence-corrected chi connectivity index (χ3v) is 8.05. The van der Waals surface area contributed by atoms with Crippen molar-refractivity contribution in [3.63, 3.8) is 0 Å². The highest BCUT2D eigenvalue weighted by Crippen LogP contribution is 2.38. The molecule has 1 fully saturated rings. The van der Waals surface area contributed by atoms with Gasteiger partial charge in [0, 0.05) is 5.02 Å². The van der Waals surface area contributed by atoms with E-state index in [0.29, 0.717) is 34.7 Å². The molecule has 33 heavy (non-hydrogen) atoms. The number of thioether (sulfide) groups is 1. The van der Waals surface area contributed by atoms with Gasteiger partial charge in [0.15, 0.2) is 0 Å². The van der Waals surface area contributed by atoms with Crippen LogP contribution in [0.15, 0.2) is 69.6 Å². The quantitative estimate of drug-likeness (QED) is 0.253. The number of benzene rings is 3. The maximum Gasteiger partial charge on any atom is 0.242 e. The average molecular weight is 630 g/mol. The van der Waals surface area contributed by atoms with Gasteiger partial charge < -0.3 is 4.74 Å². The summed E-state index contributed by atoms with van der Waals surface area (Å²) >= 11 is 19.9. The fraction of sp³-hybridized carbons (Fsp3) is 0.167. The Morgan fingerprint density at radius 1 is 1.00 bits per heavy atom. The van der Waals surface area contributed by atoms with Gasteiger partial charge in [0.25, 0.3) is 0 Å². The number of halogens is 4. The normalized spacial score (nSPS) is 15.9. The zero-order valence-electron chi connectivity index (χ0n) is 17.1. The molecule has 1 atom stereocenters. The number of rotatable bonds is 7. The second kappa shape index (κ2) is 10.9. The molecule has 1 heterocycles. The summed E-state index contributed by atoms with van der Waals surface area (Å²) in [6, 6.07) is 17.5. The summed E-state index contributed by atoms with van der Waals surface area (Å²) in [5.74, 6) is 0.343. The first-order valence-electron chi connectivity index (χ1n) is 9.92. The third kappa shape index (κ3) is 6.17. The van der Waals surface area contributed by atoms with Gasteiger partial charge in [-0.15, -0.1) is 0 Å². The zero-order valence-corrected chi connectivity index (χ0v) is 22.6. The fourth-order valence-electron chi connectivity index (χ4n) is 3.36. The molecule has 0 bridgehead atoms. The number of thiocarbonyl (C=S) groups is 1. The lowest BCUT2D eigenvalue weighted by Gasteiger charge is -2.16. The second-order valence-electron chi connectivity index (χ2n) is 7.43. The van der Waals surface area contributed by atoms with Crippen molar-refractivity contribution < 1.29 is 13.9 Å². The summed E-state index contributed by atoms with van der Waals surface area (Å²) in [6.07, 6.45) is 0.526. The minimum atomic E-state index is -0.308. The standard InChI is InChI=1S/C24H17Br2ClFNO2S2/c25-19-9-16(10-20(26)22(19)31-13-15-1-5-17(27)6-2-15)11-21-23(30)29(24(32)33-21)12-14-3-7-18(28)8-4-14/h1-10,21H,11-13H2/t21-/m0/s1. The molecule has 0 radical (unpaired) electrons. The molecule has 1 aliphatic rings. The van der Waals surface area contributed by atoms with Gasteiger partial charge in [-0.3, -0.25) is 9.69 Å². The Kier molecular flexibility index (Phi) is 8.12. The Labute approximate surface area is 222 Å². The SMILES string of the molecule is O=C1[C@H](Cc2cc(Br)c(OCc3ccc(Cl)cc3)c(Br)c2)SC(=S)N1Cc1ccc(F)cc1. The summed E-state index contributed by atoms with van der Waals surface area (Å²) in [4.78, 5) is 14.6. The van der Waals surface area contributed by atoms with Crippen LogP contribution >= 0.6 is 67.4 Å². The van der Waals surface area contributed by atoms with Crippen LogP contribution in [0, 0.1) is 5.82 Å². The molecule has 3 aromatic rings. The molecule has 1 saturated heterocycles. The number of nitrogens with zero attached hydrogens (tertiary/aromatic N) is 1. The molecule has 0 aliphatic carbocycles. The van der Waals surface area contributed by atoms with E-state index in [1.807, 2.05) is 36.4 Å². The topological polar surface area (TPSA) is 29.5 Å². The number of carbonyl (C=O) groups excluding carboxylic acids is 1. The Balaban J connectivity index is 1.42. The van der Waals surface area contributed by atoms with E-state index in [1.165, 1.54) is 23.9 Å². The molecule has 0 N–H and O–H groups in total. The van der Waals surface area contributed by atoms with Crippen LogP contribution in [-0.4, -0.2) is 20.4 Å². The Bertz CT molecular complexity index is 1170. The summed E-state index contributed by atoms with van der Waals surface area (Å²) in [5.41, 5.74) is 2.82. The minimum absolute atomic E-state index is 0.0374. The summed E-state index contributed by atoms with van der Waals surface area (Å²) in [7, 11) is 0. The van der Waals surface area contributed by atoms with Crippen molar-refractivity contribution >= 4 is 77.7 Å². The molecule has 0 saturated carbocycles. The average Bonchev–Trinajstić information content (AvgIpc) is 3.03. The molecule has 0 unspecified atom stereocenters. The molecule has 1 aliphatic heterocycles. The van der Waals surface area contributed by atoms with Crippen molar-refractivity contribution in [3.05, 3.63) is 97.1 Å². The second-order valence-corrected chi connectivity index (χ2v) is 11.4. The summed E-state index contributed by atoms with van der Waals surface area (Å²) in [5, 5.41) is 0.373. The van der Waals surface area contributed by atoms with Gasteiger partial charge in [-0.1, -0.05) is 59.8 Å². The van der Waals surface area contributed by atoms with Crippen molar-refractivity contribution in [2.75, 3.05) is 0 Å². The number of hydrogen-bond donors (Lipinski definition) is 0. The number of amides is 1. The predicted molar refractivity (Wildman–Crippen MR) is 142 cm³/mol. The van der Waals surface area contributed by atoms with Crippen molar-refractivity contribution in [1.29, 1.82) is 0 Å². The van der Waals surface area contributed by atoms with Gasteiger partial charge in [-0.05, 0) is 91.4 Å². The van der Waals surface area contributed by atoms with Crippen molar-refractivity contribution in [2.24, 2.45) is 0 Å². The third-order valence-electron chi connectivity index (χ3n) is 5.03. The van der Waals surface area contributed by atoms with Crippen LogP contribution in [0.25, 0.3) is 0 Å². The van der Waals surface area contributed by atoms with E-state index in [4.69, 9.17) is 28.6 Å². The lowest BCUT2D eigenvalue weighted by molar-refractivity contribution is -0.126. The highest BCUT2D eigenvalue weighted by molar-refractivity contribution is 9.11. The van der Waals surface area contributed by atoms with E-state index in [2.05, 4.69) is 31.9 Å². The van der Waals surface area contributed by atoms with Crippen LogP contribution < -0.4 is 4.74 Å². The summed E-state index contributed by atoms with van der Waals surface area (Å²) < 4.78 is 21.3. The molecule has 3 nitrogen and oxygen atoms in total. The van der Waals surface area contributed by atoms with E-state index < -0.39 is 0 Å². The highest BCUT2D eigenvalue weighted by atomic mass is 79.9. The molecule has 0 aromatic heterocycles. The van der Waals surface area contributed by atoms with Gasteiger partial charge >= 0.3 is 0 Å². The zero-order chi connectivity index (χ0) is 23.5. The highest BCUT2D eigenvalue weighted by Gasteiger charge is 2.37. The lowest BCUT2D eigenvalue weighted by atomic mass is 10.1. The Morgan fingerprint density at radius 2 is 1.61 bits per heavy atom. The van der Waals surface area contributed by atoms with Crippen LogP contribution in [0.3, 0.4) is 0 Å². The maximum absolute atomic E-state index is 13.2. The Morgan fingerprint density at radius 3 is 2.24 bits per heavy atom. The first-order valence-corrected chi connectivity index (χ1v) is 13.2. The van der Waals surface area contributed by atoms with Gasteiger partial charge in [-0.25, -0.2) is 4.39 Å². The number of hydrogen-bond acceptors (Lipinski definition) is 4. The van der Waals surface area contributed by atoms with E-state index in [1.54, 1.807) is 17.0 Å². The maximum atomic E-state index is 13.2. The molecular formula is C24H17Br2ClFNO2S2.